The van der Waals surface area contributed by atoms with Crippen LogP contribution in [-0.2, 0) is 4.74 Å². The molecule has 0 aromatic carbocycles. The molecule has 90 valence electrons. The Balaban J connectivity index is 2.03. The maximum Gasteiger partial charge on any atom is 0.0667 e. The topological polar surface area (TPSA) is 47.3 Å². The zero-order valence-electron chi connectivity index (χ0n) is 10.2. The zero-order valence-corrected chi connectivity index (χ0v) is 10.2. The summed E-state index contributed by atoms with van der Waals surface area (Å²) in [4.78, 5) is 0. The number of hydrogen-bond donors (Lipinski definition) is 2. The minimum atomic E-state index is 0.324. The minimum Gasteiger partial charge on any atom is -0.380 e. The van der Waals surface area contributed by atoms with Gasteiger partial charge in [-0.25, -0.2) is 0 Å². The second kappa shape index (κ2) is 7.20. The van der Waals surface area contributed by atoms with Gasteiger partial charge >= 0.3 is 0 Å². The Bertz CT molecular complexity index is 156. The van der Waals surface area contributed by atoms with Crippen LogP contribution in [0.1, 0.15) is 32.6 Å². The Hall–Kier alpha value is -0.120. The third-order valence-corrected chi connectivity index (χ3v) is 3.57. The normalized spacial score (nSPS) is 29.0. The fraction of sp³-hybridized carbons (Fsp3) is 1.00. The van der Waals surface area contributed by atoms with Crippen molar-refractivity contribution in [2.45, 2.75) is 38.7 Å². The molecule has 0 saturated heterocycles. The molecule has 1 aliphatic rings. The van der Waals surface area contributed by atoms with Gasteiger partial charge in [0.15, 0.2) is 0 Å². The second-order valence-electron chi connectivity index (χ2n) is 4.83. The van der Waals surface area contributed by atoms with Gasteiger partial charge < -0.3 is 15.8 Å². The molecule has 1 atom stereocenters. The quantitative estimate of drug-likeness (QED) is 0.702. The molecule has 15 heavy (non-hydrogen) atoms. The van der Waals surface area contributed by atoms with E-state index in [4.69, 9.17) is 10.5 Å². The molecule has 0 heterocycles. The van der Waals surface area contributed by atoms with Gasteiger partial charge in [-0.05, 0) is 57.5 Å². The standard InChI is InChI=1S/C12H26N2O/c1-10(15-2)8-14-9-12-5-3-11(7-13)4-6-12/h10-12,14H,3-9,13H2,1-2H3. The molecule has 1 unspecified atom stereocenters. The number of nitrogens with one attached hydrogen (secondary N) is 1. The van der Waals surface area contributed by atoms with Gasteiger partial charge in [-0.3, -0.25) is 0 Å². The van der Waals surface area contributed by atoms with Crippen molar-refractivity contribution < 1.29 is 4.74 Å². The van der Waals surface area contributed by atoms with E-state index in [1.165, 1.54) is 25.7 Å². The largest absolute Gasteiger partial charge is 0.380 e. The summed E-state index contributed by atoms with van der Waals surface area (Å²) < 4.78 is 5.19. The van der Waals surface area contributed by atoms with Crippen molar-refractivity contribution >= 4 is 0 Å². The number of methoxy groups -OCH3 is 1. The van der Waals surface area contributed by atoms with Crippen LogP contribution in [0.5, 0.6) is 0 Å². The van der Waals surface area contributed by atoms with Crippen molar-refractivity contribution in [3.05, 3.63) is 0 Å². The van der Waals surface area contributed by atoms with Crippen LogP contribution in [0.25, 0.3) is 0 Å². The van der Waals surface area contributed by atoms with Gasteiger partial charge in [0.2, 0.25) is 0 Å². The van der Waals surface area contributed by atoms with Crippen LogP contribution in [0.3, 0.4) is 0 Å². The summed E-state index contributed by atoms with van der Waals surface area (Å²) in [5.41, 5.74) is 5.67. The smallest absolute Gasteiger partial charge is 0.0667 e. The first-order valence-corrected chi connectivity index (χ1v) is 6.19. The Labute approximate surface area is 93.8 Å². The number of hydrogen-bond acceptors (Lipinski definition) is 3. The highest BCUT2D eigenvalue weighted by molar-refractivity contribution is 4.74. The van der Waals surface area contributed by atoms with E-state index in [0.717, 1.165) is 31.5 Å². The van der Waals surface area contributed by atoms with Crippen molar-refractivity contribution in [3.63, 3.8) is 0 Å². The monoisotopic (exact) mass is 214 g/mol. The van der Waals surface area contributed by atoms with E-state index < -0.39 is 0 Å². The Morgan fingerprint density at radius 1 is 1.27 bits per heavy atom. The molecule has 0 aromatic rings. The summed E-state index contributed by atoms with van der Waals surface area (Å²) in [6.45, 7) is 5.08. The van der Waals surface area contributed by atoms with E-state index in [0.29, 0.717) is 6.10 Å². The Morgan fingerprint density at radius 2 is 1.87 bits per heavy atom. The van der Waals surface area contributed by atoms with Crippen LogP contribution in [0, 0.1) is 11.8 Å². The van der Waals surface area contributed by atoms with E-state index in [1.807, 2.05) is 0 Å². The number of ether oxygens (including phenoxy) is 1. The SMILES string of the molecule is COC(C)CNCC1CCC(CN)CC1. The predicted octanol–water partition coefficient (Wildman–Crippen LogP) is 1.38. The van der Waals surface area contributed by atoms with Crippen LogP contribution in [-0.4, -0.2) is 32.8 Å². The molecule has 0 radical (unpaired) electrons. The van der Waals surface area contributed by atoms with Crippen molar-refractivity contribution in [2.75, 3.05) is 26.7 Å². The second-order valence-corrected chi connectivity index (χ2v) is 4.83. The van der Waals surface area contributed by atoms with Crippen molar-refractivity contribution in [3.8, 4) is 0 Å². The summed E-state index contributed by atoms with van der Waals surface area (Å²) in [6.07, 6.45) is 5.66. The molecule has 3 nitrogen and oxygen atoms in total. The molecule has 0 bridgehead atoms. The molecular formula is C12H26N2O. The molecule has 0 aromatic heterocycles. The summed E-state index contributed by atoms with van der Waals surface area (Å²) in [5.74, 6) is 1.65. The van der Waals surface area contributed by atoms with E-state index in [-0.39, 0.29) is 0 Å². The third kappa shape index (κ3) is 4.96. The molecule has 0 spiro atoms. The highest BCUT2D eigenvalue weighted by Crippen LogP contribution is 2.27. The van der Waals surface area contributed by atoms with Crippen LogP contribution < -0.4 is 11.1 Å². The first-order chi connectivity index (χ1) is 7.26. The van der Waals surface area contributed by atoms with Crippen LogP contribution in [0.2, 0.25) is 0 Å². The highest BCUT2D eigenvalue weighted by atomic mass is 16.5. The Morgan fingerprint density at radius 3 is 2.40 bits per heavy atom. The number of rotatable bonds is 6. The lowest BCUT2D eigenvalue weighted by atomic mass is 9.82. The van der Waals surface area contributed by atoms with Gasteiger partial charge in [-0.15, -0.1) is 0 Å². The first-order valence-electron chi connectivity index (χ1n) is 6.19. The zero-order chi connectivity index (χ0) is 11.1. The fourth-order valence-electron chi connectivity index (χ4n) is 2.25. The summed E-state index contributed by atoms with van der Waals surface area (Å²) in [7, 11) is 1.76. The summed E-state index contributed by atoms with van der Waals surface area (Å²) in [6, 6.07) is 0. The minimum absolute atomic E-state index is 0.324. The average molecular weight is 214 g/mol. The van der Waals surface area contributed by atoms with Gasteiger partial charge in [0.25, 0.3) is 0 Å². The maximum atomic E-state index is 5.67. The van der Waals surface area contributed by atoms with Gasteiger partial charge in [0, 0.05) is 13.7 Å². The molecule has 3 heteroatoms. The van der Waals surface area contributed by atoms with E-state index in [2.05, 4.69) is 12.2 Å². The molecule has 0 aliphatic heterocycles. The lowest BCUT2D eigenvalue weighted by Crippen LogP contribution is -2.32. The van der Waals surface area contributed by atoms with Gasteiger partial charge in [-0.1, -0.05) is 0 Å². The average Bonchev–Trinajstić information content (AvgIpc) is 2.29. The molecule has 1 fully saturated rings. The van der Waals surface area contributed by atoms with E-state index in [1.54, 1.807) is 7.11 Å². The fourth-order valence-corrected chi connectivity index (χ4v) is 2.25. The number of nitrogens with two attached hydrogens (primary N) is 1. The molecule has 3 N–H and O–H groups in total. The van der Waals surface area contributed by atoms with Crippen molar-refractivity contribution in [2.24, 2.45) is 17.6 Å². The molecule has 0 amide bonds. The van der Waals surface area contributed by atoms with Crippen LogP contribution in [0.4, 0.5) is 0 Å². The molecule has 1 rings (SSSR count). The van der Waals surface area contributed by atoms with Gasteiger partial charge in [0.1, 0.15) is 0 Å². The van der Waals surface area contributed by atoms with Gasteiger partial charge in [0.05, 0.1) is 6.10 Å². The van der Waals surface area contributed by atoms with Crippen LogP contribution in [0.15, 0.2) is 0 Å². The predicted molar refractivity (Wildman–Crippen MR) is 63.8 cm³/mol. The van der Waals surface area contributed by atoms with Crippen molar-refractivity contribution in [1.82, 2.24) is 5.32 Å². The summed E-state index contributed by atoms with van der Waals surface area (Å²) >= 11 is 0. The van der Waals surface area contributed by atoms with Crippen LogP contribution >= 0.6 is 0 Å². The highest BCUT2D eigenvalue weighted by Gasteiger charge is 2.19. The van der Waals surface area contributed by atoms with E-state index in [9.17, 15) is 0 Å². The Kier molecular flexibility index (Phi) is 6.22. The third-order valence-electron chi connectivity index (χ3n) is 3.57. The lowest BCUT2D eigenvalue weighted by molar-refractivity contribution is 0.115. The first kappa shape index (κ1) is 12.9. The summed E-state index contributed by atoms with van der Waals surface area (Å²) in [5, 5.41) is 3.48. The van der Waals surface area contributed by atoms with Crippen molar-refractivity contribution in [1.29, 1.82) is 0 Å². The molecular weight excluding hydrogens is 188 g/mol. The van der Waals surface area contributed by atoms with Gasteiger partial charge in [-0.2, -0.15) is 0 Å². The maximum absolute atomic E-state index is 5.67. The molecule has 1 saturated carbocycles. The molecule has 1 aliphatic carbocycles. The lowest BCUT2D eigenvalue weighted by Gasteiger charge is -2.28. The van der Waals surface area contributed by atoms with E-state index >= 15 is 0 Å².